The normalized spacial score (nSPS) is 11.3. The van der Waals surface area contributed by atoms with Gasteiger partial charge in [-0.1, -0.05) is 48.5 Å². The van der Waals surface area contributed by atoms with E-state index in [1.165, 1.54) is 6.07 Å². The number of hydrogen-bond acceptors (Lipinski definition) is 4. The van der Waals surface area contributed by atoms with Gasteiger partial charge in [-0.05, 0) is 78.6 Å². The molecule has 4 aromatic rings. The predicted molar refractivity (Wildman–Crippen MR) is 140 cm³/mol. The summed E-state index contributed by atoms with van der Waals surface area (Å²) in [6.07, 6.45) is 0. The van der Waals surface area contributed by atoms with E-state index in [2.05, 4.69) is 10.0 Å². The summed E-state index contributed by atoms with van der Waals surface area (Å²) < 4.78 is 34.6. The van der Waals surface area contributed by atoms with Crippen LogP contribution in [0, 0.1) is 20.8 Å². The number of benzene rings is 4. The quantitative estimate of drug-likeness (QED) is 0.326. The van der Waals surface area contributed by atoms with Gasteiger partial charge in [0.1, 0.15) is 12.4 Å². The number of hydrogen-bond donors (Lipinski definition) is 2. The molecule has 0 saturated carbocycles. The number of ether oxygens (including phenoxy) is 1. The number of amides is 1. The molecule has 0 bridgehead atoms. The van der Waals surface area contributed by atoms with Gasteiger partial charge in [-0.2, -0.15) is 0 Å². The summed E-state index contributed by atoms with van der Waals surface area (Å²) in [6.45, 7) is 6.01. The van der Waals surface area contributed by atoms with Gasteiger partial charge in [0.15, 0.2) is 0 Å². The first kappa shape index (κ1) is 24.3. The number of anilines is 1. The number of aryl methyl sites for hydroxylation is 3. The summed E-state index contributed by atoms with van der Waals surface area (Å²) in [4.78, 5) is 12.8. The Labute approximate surface area is 206 Å². The lowest BCUT2D eigenvalue weighted by Crippen LogP contribution is -2.28. The second-order valence-electron chi connectivity index (χ2n) is 8.52. The molecule has 2 N–H and O–H groups in total. The number of nitrogens with one attached hydrogen (secondary N) is 2. The molecule has 0 unspecified atom stereocenters. The average molecular weight is 489 g/mol. The highest BCUT2D eigenvalue weighted by Crippen LogP contribution is 2.24. The van der Waals surface area contributed by atoms with Crippen LogP contribution >= 0.6 is 0 Å². The van der Waals surface area contributed by atoms with E-state index in [4.69, 9.17) is 4.74 Å². The van der Waals surface area contributed by atoms with E-state index in [0.29, 0.717) is 11.3 Å². The Morgan fingerprint density at radius 3 is 2.37 bits per heavy atom. The van der Waals surface area contributed by atoms with Crippen LogP contribution in [0.3, 0.4) is 0 Å². The zero-order chi connectivity index (χ0) is 25.0. The third kappa shape index (κ3) is 5.81. The third-order valence-corrected chi connectivity index (χ3v) is 7.26. The molecule has 4 aromatic carbocycles. The van der Waals surface area contributed by atoms with Crippen LogP contribution in [0.2, 0.25) is 0 Å². The summed E-state index contributed by atoms with van der Waals surface area (Å²) in [7, 11) is -3.87. The van der Waals surface area contributed by atoms with Gasteiger partial charge in [0.25, 0.3) is 15.9 Å². The molecule has 0 aliphatic heterocycles. The van der Waals surface area contributed by atoms with Crippen LogP contribution < -0.4 is 14.8 Å². The maximum atomic E-state index is 13.1. The third-order valence-electron chi connectivity index (χ3n) is 5.75. The number of carbonyl (C=O) groups is 1. The van der Waals surface area contributed by atoms with Gasteiger partial charge in [-0.15, -0.1) is 0 Å². The molecule has 0 saturated heterocycles. The topological polar surface area (TPSA) is 84.5 Å². The summed E-state index contributed by atoms with van der Waals surface area (Å²) in [6, 6.07) is 24.1. The molecule has 0 aromatic heterocycles. The molecule has 180 valence electrons. The Bertz CT molecular complexity index is 1500. The summed E-state index contributed by atoms with van der Waals surface area (Å²) in [5.74, 6) is 0.356. The molecule has 0 radical (unpaired) electrons. The van der Waals surface area contributed by atoms with E-state index >= 15 is 0 Å². The molecular weight excluding hydrogens is 460 g/mol. The van der Waals surface area contributed by atoms with Crippen molar-refractivity contribution in [1.29, 1.82) is 0 Å². The van der Waals surface area contributed by atoms with Crippen molar-refractivity contribution in [3.63, 3.8) is 0 Å². The van der Waals surface area contributed by atoms with Crippen molar-refractivity contribution < 1.29 is 17.9 Å². The van der Waals surface area contributed by atoms with Gasteiger partial charge < -0.3 is 10.1 Å². The number of carbonyl (C=O) groups excluding carboxylic acids is 1. The summed E-state index contributed by atoms with van der Waals surface area (Å²) in [5.41, 5.74) is 3.10. The molecule has 0 atom stereocenters. The minimum absolute atomic E-state index is 0.0680. The highest BCUT2D eigenvalue weighted by Gasteiger charge is 2.20. The van der Waals surface area contributed by atoms with E-state index in [1.54, 1.807) is 25.1 Å². The SMILES string of the molecule is Cc1ccc(C)c(NS(=O)(=O)c2cc(C(=O)NCCOc3ccc4ccccc4c3)ccc2C)c1. The van der Waals surface area contributed by atoms with Crippen LogP contribution in [0.1, 0.15) is 27.0 Å². The number of fused-ring (bicyclic) bond motifs is 1. The van der Waals surface area contributed by atoms with Crippen LogP contribution in [0.25, 0.3) is 10.8 Å². The Kier molecular flexibility index (Phi) is 7.07. The minimum atomic E-state index is -3.87. The molecule has 1 amide bonds. The lowest BCUT2D eigenvalue weighted by molar-refractivity contribution is 0.0947. The Morgan fingerprint density at radius 1 is 0.829 bits per heavy atom. The molecule has 0 spiro atoms. The minimum Gasteiger partial charge on any atom is -0.492 e. The van der Waals surface area contributed by atoms with E-state index in [9.17, 15) is 13.2 Å². The zero-order valence-corrected chi connectivity index (χ0v) is 20.8. The first-order chi connectivity index (χ1) is 16.7. The van der Waals surface area contributed by atoms with Crippen molar-refractivity contribution in [2.75, 3.05) is 17.9 Å². The van der Waals surface area contributed by atoms with Gasteiger partial charge >= 0.3 is 0 Å². The van der Waals surface area contributed by atoms with Gasteiger partial charge in [0.2, 0.25) is 0 Å². The molecule has 6 nitrogen and oxygen atoms in total. The fourth-order valence-corrected chi connectivity index (χ4v) is 5.16. The van der Waals surface area contributed by atoms with Gasteiger partial charge in [-0.25, -0.2) is 8.42 Å². The summed E-state index contributed by atoms with van der Waals surface area (Å²) >= 11 is 0. The smallest absolute Gasteiger partial charge is 0.262 e. The molecule has 7 heteroatoms. The van der Waals surface area contributed by atoms with Crippen LogP contribution in [-0.2, 0) is 10.0 Å². The highest BCUT2D eigenvalue weighted by atomic mass is 32.2. The monoisotopic (exact) mass is 488 g/mol. The fourth-order valence-electron chi connectivity index (χ4n) is 3.77. The van der Waals surface area contributed by atoms with Crippen LogP contribution in [0.5, 0.6) is 5.75 Å². The predicted octanol–water partition coefficient (Wildman–Crippen LogP) is 5.37. The van der Waals surface area contributed by atoms with E-state index in [1.807, 2.05) is 68.4 Å². The van der Waals surface area contributed by atoms with Gasteiger partial charge in [-0.3, -0.25) is 9.52 Å². The van der Waals surface area contributed by atoms with Crippen molar-refractivity contribution in [2.24, 2.45) is 0 Å². The standard InChI is InChI=1S/C28H28N2O4S/c1-19-8-9-20(2)26(16-19)30-35(32,33)27-18-24(11-10-21(27)3)28(31)29-14-15-34-25-13-12-22-6-4-5-7-23(22)17-25/h4-13,16-18,30H,14-15H2,1-3H3,(H,29,31). The average Bonchev–Trinajstić information content (AvgIpc) is 2.84. The Hall–Kier alpha value is -3.84. The van der Waals surface area contributed by atoms with Crippen molar-refractivity contribution in [3.8, 4) is 5.75 Å². The fraction of sp³-hybridized carbons (Fsp3) is 0.179. The lowest BCUT2D eigenvalue weighted by Gasteiger charge is -2.14. The summed E-state index contributed by atoms with van der Waals surface area (Å²) in [5, 5.41) is 5.00. The largest absolute Gasteiger partial charge is 0.492 e. The van der Waals surface area contributed by atoms with Crippen LogP contribution in [-0.4, -0.2) is 27.5 Å². The first-order valence-electron chi connectivity index (χ1n) is 11.3. The van der Waals surface area contributed by atoms with E-state index in [-0.39, 0.29) is 29.5 Å². The Balaban J connectivity index is 1.40. The molecule has 0 fully saturated rings. The number of sulfonamides is 1. The molecule has 4 rings (SSSR count). The van der Waals surface area contributed by atoms with E-state index in [0.717, 1.165) is 27.6 Å². The second-order valence-corrected chi connectivity index (χ2v) is 10.2. The molecule has 35 heavy (non-hydrogen) atoms. The maximum Gasteiger partial charge on any atom is 0.262 e. The first-order valence-corrected chi connectivity index (χ1v) is 12.8. The van der Waals surface area contributed by atoms with Gasteiger partial charge in [0.05, 0.1) is 17.1 Å². The zero-order valence-electron chi connectivity index (χ0n) is 20.0. The molecule has 0 heterocycles. The van der Waals surface area contributed by atoms with Crippen molar-refractivity contribution in [1.82, 2.24) is 5.32 Å². The van der Waals surface area contributed by atoms with Crippen molar-refractivity contribution in [2.45, 2.75) is 25.7 Å². The van der Waals surface area contributed by atoms with Gasteiger partial charge in [0, 0.05) is 5.56 Å². The van der Waals surface area contributed by atoms with E-state index < -0.39 is 10.0 Å². The van der Waals surface area contributed by atoms with Crippen LogP contribution in [0.15, 0.2) is 83.8 Å². The number of rotatable bonds is 8. The van der Waals surface area contributed by atoms with Crippen molar-refractivity contribution in [3.05, 3.63) is 101 Å². The molecular formula is C28H28N2O4S. The van der Waals surface area contributed by atoms with Crippen LogP contribution in [0.4, 0.5) is 5.69 Å². The lowest BCUT2D eigenvalue weighted by atomic mass is 10.1. The highest BCUT2D eigenvalue weighted by molar-refractivity contribution is 7.92. The van der Waals surface area contributed by atoms with Crippen molar-refractivity contribution >= 4 is 32.4 Å². The second kappa shape index (κ2) is 10.2. The molecule has 0 aliphatic rings. The Morgan fingerprint density at radius 2 is 1.57 bits per heavy atom. The maximum absolute atomic E-state index is 13.1. The molecule has 0 aliphatic carbocycles.